The molecular weight excluding hydrogens is 470 g/mol. The Labute approximate surface area is 214 Å². The van der Waals surface area contributed by atoms with Gasteiger partial charge in [0.15, 0.2) is 11.9 Å². The summed E-state index contributed by atoms with van der Waals surface area (Å²) in [5, 5.41) is 25.2. The molecule has 0 aliphatic carbocycles. The average Bonchev–Trinajstić information content (AvgIpc) is 3.33. The fourth-order valence-corrected chi connectivity index (χ4v) is 3.71. The van der Waals surface area contributed by atoms with Crippen LogP contribution in [0.5, 0.6) is 0 Å². The number of carbonyl (C=O) groups excluding carboxylic acids is 1. The Morgan fingerprint density at radius 3 is 2.73 bits per heavy atom. The first-order chi connectivity index (χ1) is 17.6. The number of amides is 1. The van der Waals surface area contributed by atoms with E-state index in [9.17, 15) is 15.0 Å². The number of aromatic nitrogens is 5. The molecule has 1 aromatic carbocycles. The predicted octanol–water partition coefficient (Wildman–Crippen LogP) is 2.10. The molecule has 1 amide bonds. The number of rotatable bonds is 6. The molecule has 4 rings (SSSR count). The third-order valence-corrected chi connectivity index (χ3v) is 5.71. The Kier molecular flexibility index (Phi) is 7.20. The lowest BCUT2D eigenvalue weighted by atomic mass is 10.1. The zero-order chi connectivity index (χ0) is 26.7. The standard InChI is InChI=1S/C27H29N7O3/c1-5-33(4)26(36)22(35)10-9-17-7-6-8-18(11-17)25-30-14-21-20(13-29-24(28)23(21)32-25)19-12-31-34(15-19)16-27(2,3)37/h6-8,11-15,22,35,37H,5,16H2,1-4H3,(H2,28,29)/t22-/m1/s1. The first kappa shape index (κ1) is 25.8. The van der Waals surface area contributed by atoms with Crippen molar-refractivity contribution in [2.24, 2.45) is 0 Å². The van der Waals surface area contributed by atoms with Gasteiger partial charge in [-0.1, -0.05) is 24.0 Å². The number of anilines is 1. The van der Waals surface area contributed by atoms with E-state index in [1.807, 2.05) is 19.2 Å². The Balaban J connectivity index is 1.66. The topological polar surface area (TPSA) is 143 Å². The van der Waals surface area contributed by atoms with Crippen molar-refractivity contribution < 1.29 is 15.0 Å². The monoisotopic (exact) mass is 499 g/mol. The van der Waals surface area contributed by atoms with Crippen molar-refractivity contribution >= 4 is 22.6 Å². The Morgan fingerprint density at radius 2 is 2.00 bits per heavy atom. The zero-order valence-electron chi connectivity index (χ0n) is 21.2. The van der Waals surface area contributed by atoms with Crippen LogP contribution < -0.4 is 5.73 Å². The molecular formula is C27H29N7O3. The average molecular weight is 500 g/mol. The van der Waals surface area contributed by atoms with Crippen LogP contribution in [-0.2, 0) is 11.3 Å². The third-order valence-electron chi connectivity index (χ3n) is 5.71. The smallest absolute Gasteiger partial charge is 0.263 e. The van der Waals surface area contributed by atoms with Crippen LogP contribution in [0.4, 0.5) is 5.82 Å². The van der Waals surface area contributed by atoms with E-state index in [4.69, 9.17) is 5.73 Å². The van der Waals surface area contributed by atoms with Crippen molar-refractivity contribution in [1.29, 1.82) is 0 Å². The van der Waals surface area contributed by atoms with Crippen molar-refractivity contribution in [2.75, 3.05) is 19.3 Å². The highest BCUT2D eigenvalue weighted by Gasteiger charge is 2.17. The van der Waals surface area contributed by atoms with Gasteiger partial charge in [0.05, 0.1) is 18.3 Å². The molecule has 0 fully saturated rings. The molecule has 190 valence electrons. The van der Waals surface area contributed by atoms with Crippen LogP contribution in [0, 0.1) is 11.8 Å². The van der Waals surface area contributed by atoms with Gasteiger partial charge in [0.2, 0.25) is 0 Å². The van der Waals surface area contributed by atoms with Crippen molar-refractivity contribution in [2.45, 2.75) is 39.0 Å². The molecule has 10 nitrogen and oxygen atoms in total. The summed E-state index contributed by atoms with van der Waals surface area (Å²) in [7, 11) is 1.61. The number of nitrogens with zero attached hydrogens (tertiary/aromatic N) is 6. The molecule has 4 N–H and O–H groups in total. The second kappa shape index (κ2) is 10.3. The number of pyridine rings is 1. The van der Waals surface area contributed by atoms with Crippen molar-refractivity contribution in [3.63, 3.8) is 0 Å². The summed E-state index contributed by atoms with van der Waals surface area (Å²) in [4.78, 5) is 27.0. The van der Waals surface area contributed by atoms with Crippen LogP contribution in [0.15, 0.2) is 49.1 Å². The number of aliphatic hydroxyl groups excluding tert-OH is 1. The fourth-order valence-electron chi connectivity index (χ4n) is 3.71. The second-order valence-electron chi connectivity index (χ2n) is 9.36. The van der Waals surface area contributed by atoms with Gasteiger partial charge in [-0.15, -0.1) is 0 Å². The van der Waals surface area contributed by atoms with E-state index in [2.05, 4.69) is 31.9 Å². The van der Waals surface area contributed by atoms with Crippen LogP contribution >= 0.6 is 0 Å². The van der Waals surface area contributed by atoms with Crippen LogP contribution in [0.1, 0.15) is 26.3 Å². The number of benzene rings is 1. The number of carbonyl (C=O) groups is 1. The molecule has 0 unspecified atom stereocenters. The number of fused-ring (bicyclic) bond motifs is 1. The van der Waals surface area contributed by atoms with Crippen LogP contribution in [0.3, 0.4) is 0 Å². The summed E-state index contributed by atoms with van der Waals surface area (Å²) in [6.45, 7) is 6.08. The normalized spacial score (nSPS) is 12.2. The largest absolute Gasteiger partial charge is 0.389 e. The van der Waals surface area contributed by atoms with Gasteiger partial charge in [0.25, 0.3) is 5.91 Å². The Hall–Kier alpha value is -4.33. The fraction of sp³-hybridized carbons (Fsp3) is 0.296. The maximum Gasteiger partial charge on any atom is 0.263 e. The second-order valence-corrected chi connectivity index (χ2v) is 9.36. The first-order valence-electron chi connectivity index (χ1n) is 11.8. The number of aliphatic hydroxyl groups is 2. The number of hydrogen-bond acceptors (Lipinski definition) is 8. The van der Waals surface area contributed by atoms with Gasteiger partial charge < -0.3 is 20.8 Å². The Bertz CT molecular complexity index is 1510. The molecule has 0 bridgehead atoms. The lowest BCUT2D eigenvalue weighted by molar-refractivity contribution is -0.135. The van der Waals surface area contributed by atoms with E-state index in [0.717, 1.165) is 16.5 Å². The number of nitrogens with two attached hydrogens (primary N) is 1. The van der Waals surface area contributed by atoms with Crippen LogP contribution in [0.2, 0.25) is 0 Å². The third kappa shape index (κ3) is 5.91. The number of hydrogen-bond donors (Lipinski definition) is 3. The van der Waals surface area contributed by atoms with Crippen molar-refractivity contribution in [3.8, 4) is 34.4 Å². The molecule has 0 aliphatic rings. The molecule has 1 atom stereocenters. The van der Waals surface area contributed by atoms with E-state index < -0.39 is 17.6 Å². The van der Waals surface area contributed by atoms with Crippen molar-refractivity contribution in [1.82, 2.24) is 29.6 Å². The SMILES string of the molecule is CCN(C)C(=O)[C@H](O)C#Cc1cccc(-c2ncc3c(-c4cnn(CC(C)(C)O)c4)cnc(N)c3n2)c1. The van der Waals surface area contributed by atoms with E-state index in [-0.39, 0.29) is 5.82 Å². The summed E-state index contributed by atoms with van der Waals surface area (Å²) in [5.41, 5.74) is 8.64. The Morgan fingerprint density at radius 1 is 1.22 bits per heavy atom. The van der Waals surface area contributed by atoms with Gasteiger partial charge in [-0.3, -0.25) is 9.48 Å². The summed E-state index contributed by atoms with van der Waals surface area (Å²) in [5.74, 6) is 5.69. The maximum atomic E-state index is 12.1. The molecule has 0 spiro atoms. The summed E-state index contributed by atoms with van der Waals surface area (Å²) >= 11 is 0. The first-order valence-corrected chi connectivity index (χ1v) is 11.8. The van der Waals surface area contributed by atoms with Gasteiger partial charge in [-0.2, -0.15) is 5.10 Å². The quantitative estimate of drug-likeness (QED) is 0.342. The van der Waals surface area contributed by atoms with Crippen molar-refractivity contribution in [3.05, 3.63) is 54.6 Å². The highest BCUT2D eigenvalue weighted by molar-refractivity contribution is 5.98. The molecule has 0 saturated carbocycles. The molecule has 3 heterocycles. The van der Waals surface area contributed by atoms with Gasteiger partial charge in [-0.05, 0) is 32.9 Å². The molecule has 0 radical (unpaired) electrons. The number of likely N-dealkylation sites (N-methyl/N-ethyl adjacent to an activating group) is 1. The summed E-state index contributed by atoms with van der Waals surface area (Å²) in [6.07, 6.45) is 5.48. The van der Waals surface area contributed by atoms with Gasteiger partial charge in [-0.25, -0.2) is 15.0 Å². The predicted molar refractivity (Wildman–Crippen MR) is 141 cm³/mol. The zero-order valence-corrected chi connectivity index (χ0v) is 21.2. The van der Waals surface area contributed by atoms with Crippen LogP contribution in [-0.4, -0.2) is 71.1 Å². The molecule has 0 aliphatic heterocycles. The highest BCUT2D eigenvalue weighted by Crippen LogP contribution is 2.30. The lowest BCUT2D eigenvalue weighted by Gasteiger charge is -2.16. The minimum absolute atomic E-state index is 0.268. The minimum Gasteiger partial charge on any atom is -0.389 e. The minimum atomic E-state index is -1.40. The van der Waals surface area contributed by atoms with Gasteiger partial charge >= 0.3 is 0 Å². The van der Waals surface area contributed by atoms with Crippen LogP contribution in [0.25, 0.3) is 33.4 Å². The molecule has 10 heteroatoms. The van der Waals surface area contributed by atoms with E-state index >= 15 is 0 Å². The van der Waals surface area contributed by atoms with E-state index in [0.29, 0.717) is 35.6 Å². The molecule has 4 aromatic rings. The number of nitrogen functional groups attached to an aromatic ring is 1. The van der Waals surface area contributed by atoms with Gasteiger partial charge in [0.1, 0.15) is 11.3 Å². The maximum absolute atomic E-state index is 12.1. The van der Waals surface area contributed by atoms with Gasteiger partial charge in [0, 0.05) is 59.8 Å². The summed E-state index contributed by atoms with van der Waals surface area (Å²) in [6, 6.07) is 7.20. The summed E-state index contributed by atoms with van der Waals surface area (Å²) < 4.78 is 1.67. The van der Waals surface area contributed by atoms with E-state index in [1.165, 1.54) is 4.90 Å². The molecule has 37 heavy (non-hydrogen) atoms. The molecule has 0 saturated heterocycles. The highest BCUT2D eigenvalue weighted by atomic mass is 16.3. The van der Waals surface area contributed by atoms with E-state index in [1.54, 1.807) is 62.4 Å². The lowest BCUT2D eigenvalue weighted by Crippen LogP contribution is -2.35. The molecule has 3 aromatic heterocycles.